The van der Waals surface area contributed by atoms with E-state index in [0.29, 0.717) is 18.8 Å². The molecule has 104 valence electrons. The number of carbonyl (C=O) groups is 1. The third kappa shape index (κ3) is 3.45. The van der Waals surface area contributed by atoms with Crippen molar-refractivity contribution in [3.63, 3.8) is 0 Å². The first kappa shape index (κ1) is 14.3. The molecule has 0 unspecified atom stereocenters. The molecular formula is C14H12ClFN2O2. The molecule has 0 bridgehead atoms. The normalized spacial score (nSPS) is 10.3. The number of aromatic nitrogens is 1. The van der Waals surface area contributed by atoms with Gasteiger partial charge in [0.05, 0.1) is 10.6 Å². The second kappa shape index (κ2) is 6.34. The average molecular weight is 295 g/mol. The predicted molar refractivity (Wildman–Crippen MR) is 74.8 cm³/mol. The van der Waals surface area contributed by atoms with Gasteiger partial charge in [-0.2, -0.15) is 0 Å². The van der Waals surface area contributed by atoms with Crippen LogP contribution >= 0.6 is 11.6 Å². The maximum absolute atomic E-state index is 13.0. The van der Waals surface area contributed by atoms with Crippen LogP contribution in [0.15, 0.2) is 36.5 Å². The summed E-state index contributed by atoms with van der Waals surface area (Å²) in [7, 11) is 0. The Morgan fingerprint density at radius 3 is 2.90 bits per heavy atom. The van der Waals surface area contributed by atoms with Crippen LogP contribution in [0.3, 0.4) is 0 Å². The van der Waals surface area contributed by atoms with Crippen molar-refractivity contribution in [1.29, 1.82) is 0 Å². The van der Waals surface area contributed by atoms with E-state index in [4.69, 9.17) is 16.7 Å². The summed E-state index contributed by atoms with van der Waals surface area (Å²) < 4.78 is 13.0. The molecule has 0 radical (unpaired) electrons. The molecule has 2 N–H and O–H groups in total. The van der Waals surface area contributed by atoms with E-state index in [0.717, 1.165) is 5.56 Å². The van der Waals surface area contributed by atoms with Gasteiger partial charge < -0.3 is 10.4 Å². The van der Waals surface area contributed by atoms with E-state index in [2.05, 4.69) is 10.3 Å². The van der Waals surface area contributed by atoms with Crippen molar-refractivity contribution in [2.24, 2.45) is 0 Å². The quantitative estimate of drug-likeness (QED) is 0.889. The Morgan fingerprint density at radius 1 is 1.40 bits per heavy atom. The SMILES string of the molecule is O=C(O)c1ccnc(NCCc2cccc(F)c2)c1Cl. The number of halogens is 2. The summed E-state index contributed by atoms with van der Waals surface area (Å²) in [6.45, 7) is 0.471. The Kier molecular flexibility index (Phi) is 4.53. The number of nitrogens with zero attached hydrogens (tertiary/aromatic N) is 1. The number of hydrogen-bond acceptors (Lipinski definition) is 3. The van der Waals surface area contributed by atoms with Gasteiger partial charge in [0.1, 0.15) is 11.6 Å². The molecule has 0 aliphatic rings. The van der Waals surface area contributed by atoms with Crippen LogP contribution in [0.1, 0.15) is 15.9 Å². The number of anilines is 1. The maximum Gasteiger partial charge on any atom is 0.337 e. The lowest BCUT2D eigenvalue weighted by molar-refractivity contribution is 0.0697. The molecular weight excluding hydrogens is 283 g/mol. The third-order valence-corrected chi connectivity index (χ3v) is 3.10. The van der Waals surface area contributed by atoms with Gasteiger partial charge in [0.2, 0.25) is 0 Å². The minimum absolute atomic E-state index is 0.00470. The molecule has 0 aliphatic carbocycles. The molecule has 1 heterocycles. The molecule has 0 spiro atoms. The van der Waals surface area contributed by atoms with Crippen molar-refractivity contribution < 1.29 is 14.3 Å². The van der Waals surface area contributed by atoms with Crippen molar-refractivity contribution in [2.45, 2.75) is 6.42 Å². The van der Waals surface area contributed by atoms with Crippen LogP contribution in [-0.4, -0.2) is 22.6 Å². The fraction of sp³-hybridized carbons (Fsp3) is 0.143. The van der Waals surface area contributed by atoms with Crippen LogP contribution in [0.2, 0.25) is 5.02 Å². The first-order valence-corrected chi connectivity index (χ1v) is 6.32. The van der Waals surface area contributed by atoms with E-state index in [1.54, 1.807) is 6.07 Å². The van der Waals surface area contributed by atoms with Gasteiger partial charge >= 0.3 is 5.97 Å². The first-order chi connectivity index (χ1) is 9.58. The summed E-state index contributed by atoms with van der Waals surface area (Å²) in [5, 5.41) is 12.0. The standard InChI is InChI=1S/C14H12ClFN2O2/c15-12-11(14(19)20)5-7-18-13(12)17-6-4-9-2-1-3-10(16)8-9/h1-3,5,7-8H,4,6H2,(H,17,18)(H,19,20). The number of hydrogen-bond donors (Lipinski definition) is 2. The summed E-state index contributed by atoms with van der Waals surface area (Å²) in [6, 6.07) is 7.62. The van der Waals surface area contributed by atoms with Crippen molar-refractivity contribution >= 4 is 23.4 Å². The van der Waals surface area contributed by atoms with Crippen molar-refractivity contribution in [2.75, 3.05) is 11.9 Å². The van der Waals surface area contributed by atoms with Gasteiger partial charge in [-0.25, -0.2) is 14.2 Å². The van der Waals surface area contributed by atoms with Crippen LogP contribution in [0.4, 0.5) is 10.2 Å². The molecule has 4 nitrogen and oxygen atoms in total. The molecule has 1 aromatic heterocycles. The van der Waals surface area contributed by atoms with Gasteiger partial charge in [-0.1, -0.05) is 23.7 Å². The molecule has 0 saturated heterocycles. The highest BCUT2D eigenvalue weighted by molar-refractivity contribution is 6.35. The van der Waals surface area contributed by atoms with Gasteiger partial charge in [0.15, 0.2) is 0 Å². The number of pyridine rings is 1. The summed E-state index contributed by atoms with van der Waals surface area (Å²) in [4.78, 5) is 14.9. The number of carboxylic acids is 1. The zero-order valence-corrected chi connectivity index (χ0v) is 11.2. The zero-order chi connectivity index (χ0) is 14.5. The molecule has 2 aromatic rings. The molecule has 2 rings (SSSR count). The lowest BCUT2D eigenvalue weighted by atomic mass is 10.1. The average Bonchev–Trinajstić information content (AvgIpc) is 2.40. The Bertz CT molecular complexity index is 634. The molecule has 1 aromatic carbocycles. The zero-order valence-electron chi connectivity index (χ0n) is 10.4. The molecule has 0 amide bonds. The Hall–Kier alpha value is -2.14. The van der Waals surface area contributed by atoms with Crippen molar-refractivity contribution in [3.05, 3.63) is 58.5 Å². The minimum Gasteiger partial charge on any atom is -0.478 e. The highest BCUT2D eigenvalue weighted by Gasteiger charge is 2.12. The van der Waals surface area contributed by atoms with Gasteiger partial charge in [0.25, 0.3) is 0 Å². The third-order valence-electron chi connectivity index (χ3n) is 2.71. The van der Waals surface area contributed by atoms with E-state index in [1.165, 1.54) is 24.4 Å². The summed E-state index contributed by atoms with van der Waals surface area (Å²) in [5.74, 6) is -1.08. The number of nitrogens with one attached hydrogen (secondary N) is 1. The molecule has 0 fully saturated rings. The smallest absolute Gasteiger partial charge is 0.337 e. The largest absolute Gasteiger partial charge is 0.478 e. The van der Waals surface area contributed by atoms with Gasteiger partial charge in [0, 0.05) is 12.7 Å². The molecule has 0 saturated carbocycles. The van der Waals surface area contributed by atoms with Gasteiger partial charge in [-0.05, 0) is 30.2 Å². The van der Waals surface area contributed by atoms with E-state index in [-0.39, 0.29) is 16.4 Å². The maximum atomic E-state index is 13.0. The monoisotopic (exact) mass is 294 g/mol. The van der Waals surface area contributed by atoms with E-state index < -0.39 is 5.97 Å². The van der Waals surface area contributed by atoms with Crippen LogP contribution in [0.25, 0.3) is 0 Å². The highest BCUT2D eigenvalue weighted by atomic mass is 35.5. The predicted octanol–water partition coefficient (Wildman–Crippen LogP) is 3.23. The second-order valence-electron chi connectivity index (χ2n) is 4.13. The highest BCUT2D eigenvalue weighted by Crippen LogP contribution is 2.23. The second-order valence-corrected chi connectivity index (χ2v) is 4.51. The van der Waals surface area contributed by atoms with E-state index in [9.17, 15) is 9.18 Å². The van der Waals surface area contributed by atoms with E-state index in [1.807, 2.05) is 6.07 Å². The molecule has 0 atom stereocenters. The lowest BCUT2D eigenvalue weighted by Crippen LogP contribution is -2.09. The first-order valence-electron chi connectivity index (χ1n) is 5.94. The van der Waals surface area contributed by atoms with Gasteiger partial charge in [-0.15, -0.1) is 0 Å². The number of aromatic carboxylic acids is 1. The minimum atomic E-state index is -1.11. The lowest BCUT2D eigenvalue weighted by Gasteiger charge is -2.09. The van der Waals surface area contributed by atoms with Crippen LogP contribution in [0.5, 0.6) is 0 Å². The molecule has 0 aliphatic heterocycles. The summed E-state index contributed by atoms with van der Waals surface area (Å²) >= 11 is 5.94. The van der Waals surface area contributed by atoms with Crippen LogP contribution < -0.4 is 5.32 Å². The topological polar surface area (TPSA) is 62.2 Å². The van der Waals surface area contributed by atoms with E-state index >= 15 is 0 Å². The number of carboxylic acid groups (broad SMARTS) is 1. The summed E-state index contributed by atoms with van der Waals surface area (Å²) in [5.41, 5.74) is 0.831. The fourth-order valence-corrected chi connectivity index (χ4v) is 2.01. The Balaban J connectivity index is 2.01. The number of rotatable bonds is 5. The van der Waals surface area contributed by atoms with Gasteiger partial charge in [-0.3, -0.25) is 0 Å². The fourth-order valence-electron chi connectivity index (χ4n) is 1.75. The van der Waals surface area contributed by atoms with Crippen LogP contribution in [-0.2, 0) is 6.42 Å². The van der Waals surface area contributed by atoms with Crippen molar-refractivity contribution in [1.82, 2.24) is 4.98 Å². The Labute approximate surface area is 120 Å². The van der Waals surface area contributed by atoms with Crippen LogP contribution in [0, 0.1) is 5.82 Å². The molecule has 20 heavy (non-hydrogen) atoms. The Morgan fingerprint density at radius 2 is 2.20 bits per heavy atom. The van der Waals surface area contributed by atoms with Crippen molar-refractivity contribution in [3.8, 4) is 0 Å². The molecule has 6 heteroatoms. The number of benzene rings is 1. The summed E-state index contributed by atoms with van der Waals surface area (Å²) in [6.07, 6.45) is 1.95.